The van der Waals surface area contributed by atoms with Gasteiger partial charge in [-0.3, -0.25) is 4.79 Å². The summed E-state index contributed by atoms with van der Waals surface area (Å²) in [7, 11) is 0. The Balaban J connectivity index is 1.59. The molecule has 0 aromatic heterocycles. The lowest BCUT2D eigenvalue weighted by Gasteiger charge is -2.40. The van der Waals surface area contributed by atoms with Gasteiger partial charge >= 0.3 is 6.09 Å². The van der Waals surface area contributed by atoms with Crippen LogP contribution in [0.5, 0.6) is 0 Å². The number of rotatable bonds is 4. The number of nitrogens with zero attached hydrogens (tertiary/aromatic N) is 1. The minimum atomic E-state index is -1.07. The summed E-state index contributed by atoms with van der Waals surface area (Å²) in [5, 5.41) is 16.7. The zero-order chi connectivity index (χ0) is 23.6. The molecule has 2 atom stereocenters. The lowest BCUT2D eigenvalue weighted by atomic mass is 9.71. The summed E-state index contributed by atoms with van der Waals surface area (Å²) in [4.78, 5) is 28.0. The topological polar surface area (TPSA) is 78.9 Å². The van der Waals surface area contributed by atoms with Crippen molar-refractivity contribution in [3.05, 3.63) is 48.0 Å². The van der Waals surface area contributed by atoms with Crippen molar-refractivity contribution in [3.63, 3.8) is 0 Å². The number of ether oxygens (including phenoxy) is 1. The van der Waals surface area contributed by atoms with E-state index >= 15 is 0 Å². The van der Waals surface area contributed by atoms with Crippen molar-refractivity contribution < 1.29 is 19.4 Å². The summed E-state index contributed by atoms with van der Waals surface area (Å²) in [6, 6.07) is 14.0. The molecule has 2 fully saturated rings. The van der Waals surface area contributed by atoms with Crippen LogP contribution in [-0.2, 0) is 9.53 Å². The first-order chi connectivity index (χ1) is 15.7. The Morgan fingerprint density at radius 3 is 2.52 bits per heavy atom. The quantitative estimate of drug-likeness (QED) is 0.702. The molecule has 2 N–H and O–H groups in total. The van der Waals surface area contributed by atoms with Gasteiger partial charge in [0.15, 0.2) is 0 Å². The third-order valence-electron chi connectivity index (χ3n) is 6.85. The summed E-state index contributed by atoms with van der Waals surface area (Å²) >= 11 is 0. The third kappa shape index (κ3) is 5.32. The number of aliphatic hydroxyl groups is 1. The van der Waals surface area contributed by atoms with E-state index in [2.05, 4.69) is 5.32 Å². The number of carbonyl (C=O) groups excluding carboxylic acids is 2. The monoisotopic (exact) mass is 452 g/mol. The van der Waals surface area contributed by atoms with Crippen molar-refractivity contribution in [1.29, 1.82) is 0 Å². The molecule has 6 nitrogen and oxygen atoms in total. The molecule has 178 valence electrons. The van der Waals surface area contributed by atoms with Gasteiger partial charge in [-0.1, -0.05) is 61.7 Å². The fourth-order valence-corrected chi connectivity index (χ4v) is 5.30. The van der Waals surface area contributed by atoms with E-state index in [9.17, 15) is 14.7 Å². The van der Waals surface area contributed by atoms with Crippen LogP contribution in [0.2, 0.25) is 0 Å². The van der Waals surface area contributed by atoms with Gasteiger partial charge in [-0.2, -0.15) is 0 Å². The van der Waals surface area contributed by atoms with Crippen molar-refractivity contribution in [2.45, 2.75) is 82.5 Å². The summed E-state index contributed by atoms with van der Waals surface area (Å²) in [5.41, 5.74) is -0.561. The maximum atomic E-state index is 14.0. The number of benzene rings is 2. The number of nitrogens with one attached hydrogen (secondary N) is 1. The van der Waals surface area contributed by atoms with Gasteiger partial charge in [-0.05, 0) is 49.9 Å². The van der Waals surface area contributed by atoms with Gasteiger partial charge in [-0.15, -0.1) is 0 Å². The maximum Gasteiger partial charge on any atom is 0.407 e. The van der Waals surface area contributed by atoms with E-state index in [-0.39, 0.29) is 17.6 Å². The Bertz CT molecular complexity index is 1000. The SMILES string of the molecule is CC(C)(C)NC(=O)O[C@@H]1CCN(C(=O)C(c2cccc3ccccc23)C2(O)CCCCC2)C1. The molecule has 33 heavy (non-hydrogen) atoms. The Kier molecular flexibility index (Phi) is 6.66. The van der Waals surface area contributed by atoms with E-state index in [1.807, 2.05) is 63.2 Å². The minimum absolute atomic E-state index is 0.0712. The first kappa shape index (κ1) is 23.6. The van der Waals surface area contributed by atoms with E-state index in [1.165, 1.54) is 0 Å². The smallest absolute Gasteiger partial charge is 0.407 e. The summed E-state index contributed by atoms with van der Waals surface area (Å²) < 4.78 is 5.59. The second-order valence-electron chi connectivity index (χ2n) is 10.6. The molecule has 1 aliphatic heterocycles. The number of fused-ring (bicyclic) bond motifs is 1. The first-order valence-electron chi connectivity index (χ1n) is 12.1. The Labute approximate surface area is 196 Å². The number of alkyl carbamates (subject to hydrolysis) is 1. The highest BCUT2D eigenvalue weighted by Gasteiger charge is 2.46. The van der Waals surface area contributed by atoms with Crippen molar-refractivity contribution in [3.8, 4) is 0 Å². The van der Waals surface area contributed by atoms with Crippen LogP contribution in [0, 0.1) is 0 Å². The molecule has 2 aromatic rings. The zero-order valence-corrected chi connectivity index (χ0v) is 20.0. The zero-order valence-electron chi connectivity index (χ0n) is 20.0. The predicted octanol–water partition coefficient (Wildman–Crippen LogP) is 4.74. The van der Waals surface area contributed by atoms with Crippen LogP contribution < -0.4 is 5.32 Å². The molecule has 4 rings (SSSR count). The van der Waals surface area contributed by atoms with Gasteiger partial charge in [0.2, 0.25) is 5.91 Å². The normalized spacial score (nSPS) is 21.6. The number of carbonyl (C=O) groups is 2. The first-order valence-corrected chi connectivity index (χ1v) is 12.1. The number of hydrogen-bond acceptors (Lipinski definition) is 4. The van der Waals surface area contributed by atoms with Crippen LogP contribution in [-0.4, -0.2) is 52.3 Å². The molecule has 6 heteroatoms. The summed E-state index contributed by atoms with van der Waals surface area (Å²) in [6.07, 6.45) is 3.96. The highest BCUT2D eigenvalue weighted by molar-refractivity contribution is 5.94. The molecular formula is C27H36N2O4. The fourth-order valence-electron chi connectivity index (χ4n) is 5.30. The molecular weight excluding hydrogens is 416 g/mol. The van der Waals surface area contributed by atoms with Gasteiger partial charge in [0.05, 0.1) is 18.1 Å². The minimum Gasteiger partial charge on any atom is -0.444 e. The van der Waals surface area contributed by atoms with Crippen molar-refractivity contribution in [2.24, 2.45) is 0 Å². The van der Waals surface area contributed by atoms with Gasteiger partial charge in [0.25, 0.3) is 0 Å². The Hall–Kier alpha value is -2.60. The van der Waals surface area contributed by atoms with Crippen molar-refractivity contribution in [1.82, 2.24) is 10.2 Å². The average molecular weight is 453 g/mol. The van der Waals surface area contributed by atoms with Gasteiger partial charge in [-0.25, -0.2) is 4.79 Å². The number of hydrogen-bond donors (Lipinski definition) is 2. The highest BCUT2D eigenvalue weighted by atomic mass is 16.6. The van der Waals surface area contributed by atoms with E-state index in [0.29, 0.717) is 32.4 Å². The van der Waals surface area contributed by atoms with Crippen LogP contribution in [0.15, 0.2) is 42.5 Å². The molecule has 2 aromatic carbocycles. The van der Waals surface area contributed by atoms with E-state index in [4.69, 9.17) is 4.74 Å². The van der Waals surface area contributed by atoms with Crippen LogP contribution in [0.3, 0.4) is 0 Å². The predicted molar refractivity (Wildman–Crippen MR) is 129 cm³/mol. The maximum absolute atomic E-state index is 14.0. The lowest BCUT2D eigenvalue weighted by molar-refractivity contribution is -0.140. The van der Waals surface area contributed by atoms with Crippen LogP contribution in [0.25, 0.3) is 10.8 Å². The van der Waals surface area contributed by atoms with Gasteiger partial charge < -0.3 is 20.1 Å². The average Bonchev–Trinajstić information content (AvgIpc) is 3.21. The molecule has 2 amide bonds. The van der Waals surface area contributed by atoms with Gasteiger partial charge in [0.1, 0.15) is 6.10 Å². The lowest BCUT2D eigenvalue weighted by Crippen LogP contribution is -2.48. The van der Waals surface area contributed by atoms with Crippen LogP contribution in [0.4, 0.5) is 4.79 Å². The molecule has 1 aliphatic carbocycles. The van der Waals surface area contributed by atoms with Crippen molar-refractivity contribution in [2.75, 3.05) is 13.1 Å². The van der Waals surface area contributed by atoms with Crippen molar-refractivity contribution >= 4 is 22.8 Å². The summed E-state index contributed by atoms with van der Waals surface area (Å²) in [5.74, 6) is -0.705. The Morgan fingerprint density at radius 1 is 1.09 bits per heavy atom. The molecule has 0 spiro atoms. The van der Waals surface area contributed by atoms with E-state index in [1.54, 1.807) is 4.90 Å². The fraction of sp³-hybridized carbons (Fsp3) is 0.556. The number of amides is 2. The van der Waals surface area contributed by atoms with Gasteiger partial charge in [0, 0.05) is 18.5 Å². The van der Waals surface area contributed by atoms with Crippen LogP contribution >= 0.6 is 0 Å². The summed E-state index contributed by atoms with van der Waals surface area (Å²) in [6.45, 7) is 6.58. The molecule has 1 heterocycles. The van der Waals surface area contributed by atoms with E-state index in [0.717, 1.165) is 35.6 Å². The molecule has 0 radical (unpaired) electrons. The molecule has 1 unspecified atom stereocenters. The standard InChI is InChI=1S/C27H36N2O4/c1-26(2,3)28-25(31)33-20-14-17-29(18-20)24(30)23(27(32)15-7-4-8-16-27)22-13-9-11-19-10-5-6-12-21(19)22/h5-6,9-13,20,23,32H,4,7-8,14-18H2,1-3H3,(H,28,31)/t20-,23?/m1/s1. The second-order valence-corrected chi connectivity index (χ2v) is 10.6. The Morgan fingerprint density at radius 2 is 1.79 bits per heavy atom. The number of likely N-dealkylation sites (tertiary alicyclic amines) is 1. The molecule has 1 saturated carbocycles. The molecule has 2 aliphatic rings. The van der Waals surface area contributed by atoms with Crippen LogP contribution in [0.1, 0.15) is 70.8 Å². The van der Waals surface area contributed by atoms with E-state index < -0.39 is 17.6 Å². The highest BCUT2D eigenvalue weighted by Crippen LogP contribution is 2.43. The largest absolute Gasteiger partial charge is 0.444 e. The second kappa shape index (κ2) is 9.34. The third-order valence-corrected chi connectivity index (χ3v) is 6.85. The molecule has 0 bridgehead atoms. The molecule has 1 saturated heterocycles.